The second-order valence-electron chi connectivity index (χ2n) is 9.25. The molecule has 32 heavy (non-hydrogen) atoms. The summed E-state index contributed by atoms with van der Waals surface area (Å²) in [5.74, 6) is 0.531. The van der Waals surface area contributed by atoms with Crippen LogP contribution in [0.15, 0.2) is 12.1 Å². The van der Waals surface area contributed by atoms with Crippen LogP contribution in [0.4, 0.5) is 15.0 Å². The number of nitrogens with zero attached hydrogens (tertiary/aromatic N) is 3. The zero-order valence-electron chi connectivity index (χ0n) is 18.1. The van der Waals surface area contributed by atoms with E-state index in [1.54, 1.807) is 26.3 Å². The molecule has 10 nitrogen and oxygen atoms in total. The quantitative estimate of drug-likeness (QED) is 0.600. The minimum atomic E-state index is -1.24. The van der Waals surface area contributed by atoms with Gasteiger partial charge in [0.15, 0.2) is 5.82 Å². The van der Waals surface area contributed by atoms with Crippen molar-refractivity contribution >= 4 is 17.8 Å². The topological polar surface area (TPSA) is 123 Å². The van der Waals surface area contributed by atoms with Crippen LogP contribution in [-0.2, 0) is 23.1 Å². The summed E-state index contributed by atoms with van der Waals surface area (Å²) in [6.07, 6.45) is 1.04. The third-order valence-corrected chi connectivity index (χ3v) is 6.83. The Kier molecular flexibility index (Phi) is 5.15. The number of aromatic nitrogens is 4. The van der Waals surface area contributed by atoms with Crippen LogP contribution in [0.5, 0.6) is 0 Å². The molecule has 2 aromatic rings. The van der Waals surface area contributed by atoms with Gasteiger partial charge in [-0.25, -0.2) is 9.18 Å². The Morgan fingerprint density at radius 2 is 2.09 bits per heavy atom. The molecule has 6 rings (SSSR count). The number of anilines is 1. The number of nitrogens with one attached hydrogen (secondary N) is 3. The van der Waals surface area contributed by atoms with Crippen molar-refractivity contribution in [3.8, 4) is 0 Å². The molecule has 2 amide bonds. The molecule has 4 aliphatic rings. The molecule has 4 aliphatic carbocycles. The molecule has 2 aromatic heterocycles. The van der Waals surface area contributed by atoms with Crippen LogP contribution in [0.3, 0.4) is 0 Å². The monoisotopic (exact) mass is 446 g/mol. The summed E-state index contributed by atoms with van der Waals surface area (Å²) in [6.45, 7) is 0.308. The molecule has 11 heteroatoms. The molecule has 4 saturated carbocycles. The van der Waals surface area contributed by atoms with E-state index < -0.39 is 18.4 Å². The summed E-state index contributed by atoms with van der Waals surface area (Å²) in [7, 11) is 3.23. The highest BCUT2D eigenvalue weighted by Crippen LogP contribution is 2.57. The summed E-state index contributed by atoms with van der Waals surface area (Å²) >= 11 is 0. The zero-order valence-corrected chi connectivity index (χ0v) is 18.1. The summed E-state index contributed by atoms with van der Waals surface area (Å²) in [6, 6.07) is 3.34. The Morgan fingerprint density at radius 1 is 1.31 bits per heavy atom. The van der Waals surface area contributed by atoms with Gasteiger partial charge in [-0.1, -0.05) is 0 Å². The maximum Gasteiger partial charge on any atom is 0.407 e. The summed E-state index contributed by atoms with van der Waals surface area (Å²) in [4.78, 5) is 24.7. The average molecular weight is 446 g/mol. The minimum Gasteiger partial charge on any atom is -0.443 e. The molecule has 3 N–H and O–H groups in total. The molecule has 0 radical (unpaired) electrons. The summed E-state index contributed by atoms with van der Waals surface area (Å²) < 4.78 is 26.4. The lowest BCUT2D eigenvalue weighted by Gasteiger charge is -2.61. The minimum absolute atomic E-state index is 0.0970. The number of alkyl halides is 1. The number of hydrogen-bond donors (Lipinski definition) is 3. The molecule has 2 bridgehead atoms. The molecular weight excluding hydrogens is 419 g/mol. The third kappa shape index (κ3) is 3.85. The highest BCUT2D eigenvalue weighted by atomic mass is 19.1. The Bertz CT molecular complexity index is 1020. The van der Waals surface area contributed by atoms with Crippen LogP contribution in [0.1, 0.15) is 59.9 Å². The van der Waals surface area contributed by atoms with Crippen molar-refractivity contribution in [3.63, 3.8) is 0 Å². The van der Waals surface area contributed by atoms with Gasteiger partial charge in [0.2, 0.25) is 0 Å². The van der Waals surface area contributed by atoms with Crippen molar-refractivity contribution in [2.45, 2.75) is 62.4 Å². The molecule has 172 valence electrons. The highest BCUT2D eigenvalue weighted by Gasteiger charge is 2.58. The van der Waals surface area contributed by atoms with E-state index in [0.717, 1.165) is 25.2 Å². The maximum atomic E-state index is 14.5. The van der Waals surface area contributed by atoms with Gasteiger partial charge in [0.1, 0.15) is 18.0 Å². The van der Waals surface area contributed by atoms with E-state index in [9.17, 15) is 14.0 Å². The smallest absolute Gasteiger partial charge is 0.407 e. The summed E-state index contributed by atoms with van der Waals surface area (Å²) in [5, 5.41) is 16.9. The number of carbonyl (C=O) groups is 2. The van der Waals surface area contributed by atoms with Crippen LogP contribution in [0, 0.1) is 5.92 Å². The first kappa shape index (κ1) is 20.9. The average Bonchev–Trinajstić information content (AvgIpc) is 3.37. The van der Waals surface area contributed by atoms with E-state index in [-0.39, 0.29) is 23.8 Å². The van der Waals surface area contributed by atoms with Crippen LogP contribution < -0.4 is 10.6 Å². The fraction of sp³-hybridized carbons (Fsp3) is 0.619. The van der Waals surface area contributed by atoms with Gasteiger partial charge in [0, 0.05) is 37.4 Å². The van der Waals surface area contributed by atoms with Gasteiger partial charge in [0.25, 0.3) is 5.91 Å². The number of amides is 2. The van der Waals surface area contributed by atoms with Gasteiger partial charge in [-0.15, -0.1) is 0 Å². The lowest BCUT2D eigenvalue weighted by Crippen LogP contribution is -2.68. The first-order valence-corrected chi connectivity index (χ1v) is 10.9. The maximum absolute atomic E-state index is 14.5. The normalized spacial score (nSPS) is 30.3. The largest absolute Gasteiger partial charge is 0.443 e. The van der Waals surface area contributed by atoms with Crippen LogP contribution in [-0.4, -0.2) is 56.9 Å². The fourth-order valence-electron chi connectivity index (χ4n) is 5.09. The van der Waals surface area contributed by atoms with Crippen LogP contribution in [0.25, 0.3) is 0 Å². The first-order valence-electron chi connectivity index (χ1n) is 10.9. The fourth-order valence-corrected chi connectivity index (χ4v) is 5.09. The predicted octanol–water partition coefficient (Wildman–Crippen LogP) is 2.40. The van der Waals surface area contributed by atoms with E-state index >= 15 is 0 Å². The number of rotatable bonds is 7. The number of carbonyl (C=O) groups excluding carboxylic acids is 2. The molecule has 2 heterocycles. The highest BCUT2D eigenvalue weighted by molar-refractivity contribution is 6.02. The number of aryl methyl sites for hydroxylation is 1. The molecule has 0 unspecified atom stereocenters. The second kappa shape index (κ2) is 7.88. The number of ether oxygens (including phenoxy) is 2. The van der Waals surface area contributed by atoms with Crippen molar-refractivity contribution in [1.82, 2.24) is 25.3 Å². The number of hydrogen-bond acceptors (Lipinski definition) is 6. The standard InChI is InChI=1S/C21H27FN6O4/c1-28-16(5-13(27-28)10-31-2)19(29)23-18-6-15(25-26-18)12-3-14(22)17(4-12)32-20(30)24-21-7-11(8-21)9-21/h5-6,11-12,14,17H,3-4,7-10H2,1-2H3,(H,24,30)(H2,23,25,26,29)/t11?,12-,14+,17-,21?/m1/s1. The second-order valence-corrected chi connectivity index (χ2v) is 9.25. The SMILES string of the molecule is COCc1cc(C(=O)Nc2cc([C@@H]3C[C@H](F)[C@H](OC(=O)NC45CC(C4)C5)C3)[nH]n2)n(C)n1. The van der Waals surface area contributed by atoms with E-state index in [1.807, 2.05) is 0 Å². The Morgan fingerprint density at radius 3 is 2.78 bits per heavy atom. The first-order chi connectivity index (χ1) is 15.3. The molecular formula is C21H27FN6O4. The van der Waals surface area contributed by atoms with Crippen LogP contribution in [0.2, 0.25) is 0 Å². The summed E-state index contributed by atoms with van der Waals surface area (Å²) in [5.41, 5.74) is 1.61. The Balaban J connectivity index is 1.16. The van der Waals surface area contributed by atoms with Gasteiger partial charge < -0.3 is 20.1 Å². The van der Waals surface area contributed by atoms with E-state index in [2.05, 4.69) is 25.9 Å². The van der Waals surface area contributed by atoms with Gasteiger partial charge >= 0.3 is 6.09 Å². The third-order valence-electron chi connectivity index (χ3n) is 6.83. The Hall–Kier alpha value is -2.95. The molecule has 3 atom stereocenters. The lowest BCUT2D eigenvalue weighted by atomic mass is 9.50. The molecule has 0 spiro atoms. The van der Waals surface area contributed by atoms with E-state index in [0.29, 0.717) is 35.9 Å². The van der Waals surface area contributed by atoms with Crippen molar-refractivity contribution in [2.75, 3.05) is 12.4 Å². The lowest BCUT2D eigenvalue weighted by molar-refractivity contribution is -0.0530. The number of alkyl carbamates (subject to hydrolysis) is 1. The number of halogens is 1. The van der Waals surface area contributed by atoms with E-state index in [4.69, 9.17) is 9.47 Å². The van der Waals surface area contributed by atoms with E-state index in [1.165, 1.54) is 4.68 Å². The van der Waals surface area contributed by atoms with Gasteiger partial charge in [-0.3, -0.25) is 14.6 Å². The number of H-pyrrole nitrogens is 1. The van der Waals surface area contributed by atoms with Gasteiger partial charge in [-0.2, -0.15) is 10.2 Å². The number of aromatic amines is 1. The van der Waals surface area contributed by atoms with Crippen molar-refractivity contribution < 1.29 is 23.5 Å². The molecule has 4 fully saturated rings. The molecule has 0 saturated heterocycles. The zero-order chi connectivity index (χ0) is 22.5. The van der Waals surface area contributed by atoms with Crippen molar-refractivity contribution in [3.05, 3.63) is 29.2 Å². The van der Waals surface area contributed by atoms with Gasteiger partial charge in [0.05, 0.1) is 12.3 Å². The van der Waals surface area contributed by atoms with Gasteiger partial charge in [-0.05, 0) is 44.1 Å². The van der Waals surface area contributed by atoms with Crippen LogP contribution >= 0.6 is 0 Å². The molecule has 0 aliphatic heterocycles. The van der Waals surface area contributed by atoms with Crippen molar-refractivity contribution in [1.29, 1.82) is 0 Å². The number of methoxy groups -OCH3 is 1. The Labute approximate surface area is 184 Å². The molecule has 0 aromatic carbocycles. The van der Waals surface area contributed by atoms with Crippen molar-refractivity contribution in [2.24, 2.45) is 13.0 Å². The predicted molar refractivity (Wildman–Crippen MR) is 111 cm³/mol.